The Kier molecular flexibility index (Phi) is 4.75. The first-order chi connectivity index (χ1) is 8.40. The van der Waals surface area contributed by atoms with Crippen LogP contribution < -0.4 is 0 Å². The number of ether oxygens (including phenoxy) is 1. The molecule has 2 heteroatoms. The summed E-state index contributed by atoms with van der Waals surface area (Å²) in [5.74, 6) is 0.435. The van der Waals surface area contributed by atoms with Gasteiger partial charge in [0.15, 0.2) is 0 Å². The Hall–Kier alpha value is -1.15. The Balaban J connectivity index is 1.86. The monoisotopic (exact) mass is 232 g/mol. The summed E-state index contributed by atoms with van der Waals surface area (Å²) < 4.78 is 5.98. The van der Waals surface area contributed by atoms with Crippen LogP contribution in [0.2, 0.25) is 0 Å². The zero-order valence-electron chi connectivity index (χ0n) is 10.2. The van der Waals surface area contributed by atoms with E-state index in [2.05, 4.69) is 12.1 Å². The molecule has 0 bridgehead atoms. The lowest BCUT2D eigenvalue weighted by atomic mass is 9.84. The maximum Gasteiger partial charge on any atom is 0.120 e. The first kappa shape index (κ1) is 12.3. The van der Waals surface area contributed by atoms with E-state index < -0.39 is 0 Å². The largest absolute Gasteiger partial charge is 0.373 e. The molecule has 0 amide bonds. The summed E-state index contributed by atoms with van der Waals surface area (Å²) in [6, 6.07) is 10.2. The molecule has 0 heterocycles. The molecule has 1 aliphatic rings. The van der Waals surface area contributed by atoms with E-state index in [9.17, 15) is 4.79 Å². The van der Waals surface area contributed by atoms with Gasteiger partial charge in [-0.3, -0.25) is 0 Å². The number of rotatable bonds is 5. The highest BCUT2D eigenvalue weighted by Crippen LogP contribution is 2.29. The predicted octanol–water partition coefficient (Wildman–Crippen LogP) is 3.35. The first-order valence-corrected chi connectivity index (χ1v) is 6.49. The molecule has 0 aromatic heterocycles. The molecule has 0 radical (unpaired) electrons. The van der Waals surface area contributed by atoms with E-state index >= 15 is 0 Å². The summed E-state index contributed by atoms with van der Waals surface area (Å²) >= 11 is 0. The lowest BCUT2D eigenvalue weighted by Crippen LogP contribution is -2.27. The topological polar surface area (TPSA) is 26.3 Å². The second kappa shape index (κ2) is 6.55. The van der Waals surface area contributed by atoms with Gasteiger partial charge in [0.1, 0.15) is 6.29 Å². The second-order valence-electron chi connectivity index (χ2n) is 4.78. The fraction of sp³-hybridized carbons (Fsp3) is 0.533. The van der Waals surface area contributed by atoms with Gasteiger partial charge in [-0.15, -0.1) is 0 Å². The van der Waals surface area contributed by atoms with Gasteiger partial charge in [-0.25, -0.2) is 0 Å². The third-order valence-corrected chi connectivity index (χ3v) is 3.55. The van der Waals surface area contributed by atoms with E-state index in [4.69, 9.17) is 4.74 Å². The van der Waals surface area contributed by atoms with Crippen LogP contribution in [0.3, 0.4) is 0 Å². The van der Waals surface area contributed by atoms with E-state index in [1.54, 1.807) is 0 Å². The number of carbonyl (C=O) groups is 1. The third-order valence-electron chi connectivity index (χ3n) is 3.55. The highest BCUT2D eigenvalue weighted by atomic mass is 16.5. The lowest BCUT2D eigenvalue weighted by Gasteiger charge is -2.30. The van der Waals surface area contributed by atoms with E-state index in [-0.39, 0.29) is 6.10 Å². The van der Waals surface area contributed by atoms with Crippen molar-refractivity contribution in [2.45, 2.75) is 44.8 Å². The van der Waals surface area contributed by atoms with E-state index in [0.717, 1.165) is 19.1 Å². The van der Waals surface area contributed by atoms with Gasteiger partial charge >= 0.3 is 0 Å². The lowest BCUT2D eigenvalue weighted by molar-refractivity contribution is -0.111. The van der Waals surface area contributed by atoms with Crippen molar-refractivity contribution in [3.63, 3.8) is 0 Å². The number of hydrogen-bond acceptors (Lipinski definition) is 2. The van der Waals surface area contributed by atoms with E-state index in [1.165, 1.54) is 18.4 Å². The number of benzene rings is 1. The van der Waals surface area contributed by atoms with Gasteiger partial charge in [0.05, 0.1) is 12.7 Å². The molecule has 0 unspecified atom stereocenters. The minimum Gasteiger partial charge on any atom is -0.373 e. The molecule has 0 spiro atoms. The predicted molar refractivity (Wildman–Crippen MR) is 67.7 cm³/mol. The fourth-order valence-corrected chi connectivity index (χ4v) is 2.56. The van der Waals surface area contributed by atoms with Crippen molar-refractivity contribution in [3.05, 3.63) is 35.9 Å². The molecule has 2 nitrogen and oxygen atoms in total. The van der Waals surface area contributed by atoms with Crippen molar-refractivity contribution >= 4 is 6.29 Å². The van der Waals surface area contributed by atoms with Crippen LogP contribution in [0.25, 0.3) is 0 Å². The summed E-state index contributed by atoms with van der Waals surface area (Å²) in [5.41, 5.74) is 1.21. The van der Waals surface area contributed by atoms with Crippen LogP contribution in [0.1, 0.15) is 37.7 Å². The molecule has 1 aliphatic carbocycles. The van der Waals surface area contributed by atoms with Crippen molar-refractivity contribution in [1.29, 1.82) is 0 Å². The van der Waals surface area contributed by atoms with Crippen LogP contribution in [0.4, 0.5) is 0 Å². The molecule has 1 aromatic carbocycles. The first-order valence-electron chi connectivity index (χ1n) is 6.49. The van der Waals surface area contributed by atoms with Gasteiger partial charge in [-0.05, 0) is 24.3 Å². The van der Waals surface area contributed by atoms with Crippen molar-refractivity contribution in [3.8, 4) is 0 Å². The molecule has 1 saturated carbocycles. The average Bonchev–Trinajstić information content (AvgIpc) is 2.39. The zero-order valence-corrected chi connectivity index (χ0v) is 10.2. The number of aldehydes is 1. The maximum atomic E-state index is 10.6. The summed E-state index contributed by atoms with van der Waals surface area (Å²) in [7, 11) is 0. The summed E-state index contributed by atoms with van der Waals surface area (Å²) in [6.45, 7) is 0.668. The van der Waals surface area contributed by atoms with Crippen molar-refractivity contribution in [2.24, 2.45) is 5.92 Å². The molecular weight excluding hydrogens is 212 g/mol. The van der Waals surface area contributed by atoms with Gasteiger partial charge in [0.2, 0.25) is 0 Å². The molecule has 17 heavy (non-hydrogen) atoms. The molecule has 1 fully saturated rings. The molecule has 0 saturated heterocycles. The van der Waals surface area contributed by atoms with Crippen LogP contribution >= 0.6 is 0 Å². The van der Waals surface area contributed by atoms with Crippen LogP contribution in [0.15, 0.2) is 30.3 Å². The molecule has 92 valence electrons. The fourth-order valence-electron chi connectivity index (χ4n) is 2.56. The number of carbonyl (C=O) groups excluding carboxylic acids is 1. The summed E-state index contributed by atoms with van der Waals surface area (Å²) in [4.78, 5) is 10.6. The zero-order chi connectivity index (χ0) is 11.9. The molecule has 1 aromatic rings. The quantitative estimate of drug-likeness (QED) is 0.728. The van der Waals surface area contributed by atoms with E-state index in [1.807, 2.05) is 18.2 Å². The highest BCUT2D eigenvalue weighted by Gasteiger charge is 2.25. The molecular formula is C15H20O2. The van der Waals surface area contributed by atoms with Gasteiger partial charge < -0.3 is 9.53 Å². The Morgan fingerprint density at radius 1 is 1.18 bits per heavy atom. The van der Waals surface area contributed by atoms with Gasteiger partial charge in [0, 0.05) is 6.42 Å². The van der Waals surface area contributed by atoms with Crippen molar-refractivity contribution < 1.29 is 9.53 Å². The average molecular weight is 232 g/mol. The minimum absolute atomic E-state index is 0.272. The molecule has 2 atom stereocenters. The normalized spacial score (nSPS) is 24.5. The standard InChI is InChI=1S/C15H20O2/c16-11-10-14-8-4-5-9-15(14)17-12-13-6-2-1-3-7-13/h1-3,6-7,11,14-15H,4-5,8-10,12H2/t14-,15-/m1/s1. The Morgan fingerprint density at radius 2 is 1.94 bits per heavy atom. The van der Waals surface area contributed by atoms with Crippen LogP contribution in [-0.4, -0.2) is 12.4 Å². The molecule has 0 N–H and O–H groups in total. The van der Waals surface area contributed by atoms with Crippen molar-refractivity contribution in [2.75, 3.05) is 0 Å². The Bertz CT molecular complexity index is 334. The molecule has 2 rings (SSSR count). The number of hydrogen-bond donors (Lipinski definition) is 0. The SMILES string of the molecule is O=CC[C@H]1CCCC[C@H]1OCc1ccccc1. The van der Waals surface area contributed by atoms with Crippen LogP contribution in [-0.2, 0) is 16.1 Å². The smallest absolute Gasteiger partial charge is 0.120 e. The van der Waals surface area contributed by atoms with Crippen molar-refractivity contribution in [1.82, 2.24) is 0 Å². The highest BCUT2D eigenvalue weighted by molar-refractivity contribution is 5.49. The molecule has 0 aliphatic heterocycles. The van der Waals surface area contributed by atoms with Crippen LogP contribution in [0.5, 0.6) is 0 Å². The minimum atomic E-state index is 0.272. The second-order valence-corrected chi connectivity index (χ2v) is 4.78. The maximum absolute atomic E-state index is 10.6. The Labute approximate surface area is 103 Å². The summed E-state index contributed by atoms with van der Waals surface area (Å²) in [6.07, 6.45) is 6.67. The third kappa shape index (κ3) is 3.67. The van der Waals surface area contributed by atoms with E-state index in [0.29, 0.717) is 18.9 Å². The summed E-state index contributed by atoms with van der Waals surface area (Å²) in [5, 5.41) is 0. The van der Waals surface area contributed by atoms with Crippen LogP contribution in [0, 0.1) is 5.92 Å². The van der Waals surface area contributed by atoms with Gasteiger partial charge in [0.25, 0.3) is 0 Å². The van der Waals surface area contributed by atoms with Gasteiger partial charge in [-0.1, -0.05) is 43.2 Å². The Morgan fingerprint density at radius 3 is 2.71 bits per heavy atom. The van der Waals surface area contributed by atoms with Gasteiger partial charge in [-0.2, -0.15) is 0 Å².